The van der Waals surface area contributed by atoms with Gasteiger partial charge in [0, 0.05) is 19.1 Å². The van der Waals surface area contributed by atoms with Gasteiger partial charge in [-0.25, -0.2) is 4.52 Å². The number of aromatic nitrogens is 5. The molecular formula is C15H18N6O3. The normalized spacial score (nSPS) is 16.0. The second kappa shape index (κ2) is 6.17. The molecule has 0 bridgehead atoms. The van der Waals surface area contributed by atoms with E-state index in [1.54, 1.807) is 23.9 Å². The summed E-state index contributed by atoms with van der Waals surface area (Å²) in [6.07, 6.45) is 3.60. The number of piperidine rings is 1. The molecule has 3 aromatic rings. The smallest absolute Gasteiger partial charge is 0.253 e. The summed E-state index contributed by atoms with van der Waals surface area (Å²) in [5, 5.41) is 15.7. The van der Waals surface area contributed by atoms with Crippen LogP contribution in [0.2, 0.25) is 0 Å². The fraction of sp³-hybridized carbons (Fsp3) is 0.467. The van der Waals surface area contributed by atoms with Crippen LogP contribution in [0.5, 0.6) is 0 Å². The molecule has 1 aliphatic rings. The highest BCUT2D eigenvalue weighted by molar-refractivity contribution is 5.70. The van der Waals surface area contributed by atoms with E-state index in [1.165, 1.54) is 0 Å². The number of nitrogens with zero attached hydrogens (tertiary/aromatic N) is 4. The molecule has 0 atom stereocenters. The summed E-state index contributed by atoms with van der Waals surface area (Å²) in [7, 11) is 1.56. The van der Waals surface area contributed by atoms with Crippen LogP contribution in [0.4, 0.5) is 0 Å². The van der Waals surface area contributed by atoms with Crippen molar-refractivity contribution in [2.45, 2.75) is 25.4 Å². The zero-order valence-electron chi connectivity index (χ0n) is 13.3. The molecule has 126 valence electrons. The third kappa shape index (κ3) is 2.61. The third-order valence-corrected chi connectivity index (χ3v) is 4.26. The van der Waals surface area contributed by atoms with E-state index in [2.05, 4.69) is 25.6 Å². The van der Waals surface area contributed by atoms with Gasteiger partial charge in [-0.1, -0.05) is 0 Å². The van der Waals surface area contributed by atoms with Crippen molar-refractivity contribution in [3.63, 3.8) is 0 Å². The Kier molecular flexibility index (Phi) is 3.87. The van der Waals surface area contributed by atoms with Crippen LogP contribution in [0.3, 0.4) is 0 Å². The van der Waals surface area contributed by atoms with Gasteiger partial charge in [0.15, 0.2) is 0 Å². The molecule has 0 amide bonds. The maximum Gasteiger partial charge on any atom is 0.253 e. The van der Waals surface area contributed by atoms with Crippen LogP contribution >= 0.6 is 0 Å². The van der Waals surface area contributed by atoms with E-state index < -0.39 is 0 Å². The Morgan fingerprint density at radius 3 is 3.00 bits per heavy atom. The Hall–Kier alpha value is -2.52. The van der Waals surface area contributed by atoms with E-state index in [9.17, 15) is 4.79 Å². The Bertz CT molecular complexity index is 905. The third-order valence-electron chi connectivity index (χ3n) is 4.26. The zero-order chi connectivity index (χ0) is 16.5. The lowest BCUT2D eigenvalue weighted by Crippen LogP contribution is -2.28. The molecule has 0 saturated carbocycles. The molecule has 9 nitrogen and oxygen atoms in total. The number of rotatable bonds is 4. The molecule has 4 rings (SSSR count). The van der Waals surface area contributed by atoms with Gasteiger partial charge in [0.05, 0.1) is 11.9 Å². The van der Waals surface area contributed by atoms with Crippen LogP contribution in [0.25, 0.3) is 17.1 Å². The summed E-state index contributed by atoms with van der Waals surface area (Å²) in [4.78, 5) is 15.0. The topological polar surface area (TPSA) is 110 Å². The molecule has 2 N–H and O–H groups in total. The number of nitrogens with one attached hydrogen (secondary N) is 2. The Labute approximate surface area is 137 Å². The molecule has 0 spiro atoms. The fourth-order valence-corrected chi connectivity index (χ4v) is 3.12. The first-order chi connectivity index (χ1) is 11.8. The Balaban J connectivity index is 1.80. The Morgan fingerprint density at radius 1 is 1.38 bits per heavy atom. The minimum absolute atomic E-state index is 0.158. The molecule has 0 aromatic carbocycles. The van der Waals surface area contributed by atoms with Crippen molar-refractivity contribution in [1.29, 1.82) is 0 Å². The highest BCUT2D eigenvalue weighted by atomic mass is 16.5. The average Bonchev–Trinajstić information content (AvgIpc) is 3.22. The van der Waals surface area contributed by atoms with E-state index in [-0.39, 0.29) is 12.2 Å². The summed E-state index contributed by atoms with van der Waals surface area (Å²) in [6, 6.07) is 1.63. The lowest BCUT2D eigenvalue weighted by molar-refractivity contribution is 0.160. The van der Waals surface area contributed by atoms with E-state index in [4.69, 9.17) is 9.15 Å². The largest absolute Gasteiger partial charge is 0.418 e. The summed E-state index contributed by atoms with van der Waals surface area (Å²) in [5.74, 6) is 0.995. The molecule has 9 heteroatoms. The monoisotopic (exact) mass is 330 g/mol. The van der Waals surface area contributed by atoms with Crippen molar-refractivity contribution < 1.29 is 9.15 Å². The van der Waals surface area contributed by atoms with Crippen LogP contribution in [-0.4, -0.2) is 45.0 Å². The predicted octanol–water partition coefficient (Wildman–Crippen LogP) is 0.686. The van der Waals surface area contributed by atoms with E-state index >= 15 is 0 Å². The zero-order valence-corrected chi connectivity index (χ0v) is 13.3. The SMILES string of the molecule is COCc1nnc(-c2cnn3c(C4CCNCC4)cc(=O)[nH]c23)o1. The van der Waals surface area contributed by atoms with Gasteiger partial charge < -0.3 is 19.5 Å². The maximum atomic E-state index is 12.1. The lowest BCUT2D eigenvalue weighted by Gasteiger charge is -2.23. The highest BCUT2D eigenvalue weighted by Gasteiger charge is 2.22. The van der Waals surface area contributed by atoms with Crippen molar-refractivity contribution in [3.05, 3.63) is 34.2 Å². The van der Waals surface area contributed by atoms with Crippen molar-refractivity contribution in [3.8, 4) is 11.5 Å². The average molecular weight is 330 g/mol. The van der Waals surface area contributed by atoms with Crippen LogP contribution in [-0.2, 0) is 11.3 Å². The summed E-state index contributed by atoms with van der Waals surface area (Å²) >= 11 is 0. The van der Waals surface area contributed by atoms with Crippen molar-refractivity contribution in [2.24, 2.45) is 0 Å². The molecule has 4 heterocycles. The lowest BCUT2D eigenvalue weighted by atomic mass is 9.94. The standard InChI is InChI=1S/C15H18N6O3/c1-23-8-13-19-20-15(24-13)10-7-17-21-11(6-12(22)18-14(10)21)9-2-4-16-5-3-9/h6-7,9,16H,2-5,8H2,1H3,(H,18,22). The molecule has 3 aromatic heterocycles. The number of hydrogen-bond acceptors (Lipinski definition) is 7. The van der Waals surface area contributed by atoms with E-state index in [0.29, 0.717) is 28.9 Å². The number of aromatic amines is 1. The van der Waals surface area contributed by atoms with Crippen LogP contribution in [0.1, 0.15) is 30.3 Å². The first-order valence-corrected chi connectivity index (χ1v) is 7.89. The number of fused-ring (bicyclic) bond motifs is 1. The number of H-pyrrole nitrogens is 1. The number of hydrogen-bond donors (Lipinski definition) is 2. The summed E-state index contributed by atoms with van der Waals surface area (Å²) in [6.45, 7) is 2.12. The molecule has 24 heavy (non-hydrogen) atoms. The van der Waals surface area contributed by atoms with Gasteiger partial charge in [0.25, 0.3) is 11.4 Å². The van der Waals surface area contributed by atoms with Gasteiger partial charge in [-0.3, -0.25) is 4.79 Å². The molecule has 1 saturated heterocycles. The molecule has 1 fully saturated rings. The second-order valence-corrected chi connectivity index (χ2v) is 5.84. The van der Waals surface area contributed by atoms with Gasteiger partial charge in [-0.15, -0.1) is 10.2 Å². The molecule has 1 aliphatic heterocycles. The van der Waals surface area contributed by atoms with Gasteiger partial charge in [-0.2, -0.15) is 5.10 Å². The van der Waals surface area contributed by atoms with Gasteiger partial charge >= 0.3 is 0 Å². The summed E-state index contributed by atoms with van der Waals surface area (Å²) in [5.41, 5.74) is 1.94. The number of methoxy groups -OCH3 is 1. The van der Waals surface area contributed by atoms with E-state index in [1.807, 2.05) is 0 Å². The molecular weight excluding hydrogens is 312 g/mol. The highest BCUT2D eigenvalue weighted by Crippen LogP contribution is 2.27. The van der Waals surface area contributed by atoms with Gasteiger partial charge in [0.2, 0.25) is 5.89 Å². The summed E-state index contributed by atoms with van der Waals surface area (Å²) < 4.78 is 12.3. The minimum Gasteiger partial charge on any atom is -0.418 e. The van der Waals surface area contributed by atoms with Crippen LogP contribution < -0.4 is 10.9 Å². The van der Waals surface area contributed by atoms with Crippen molar-refractivity contribution in [1.82, 2.24) is 30.1 Å². The fourth-order valence-electron chi connectivity index (χ4n) is 3.12. The van der Waals surface area contributed by atoms with Gasteiger partial charge in [0.1, 0.15) is 17.8 Å². The first kappa shape index (κ1) is 15.0. The molecule has 0 aliphatic carbocycles. The minimum atomic E-state index is -0.158. The second-order valence-electron chi connectivity index (χ2n) is 5.84. The Morgan fingerprint density at radius 2 is 2.21 bits per heavy atom. The van der Waals surface area contributed by atoms with Crippen molar-refractivity contribution in [2.75, 3.05) is 20.2 Å². The van der Waals surface area contributed by atoms with Gasteiger partial charge in [-0.05, 0) is 25.9 Å². The van der Waals surface area contributed by atoms with E-state index in [0.717, 1.165) is 31.6 Å². The quantitative estimate of drug-likeness (QED) is 0.724. The van der Waals surface area contributed by atoms with Crippen LogP contribution in [0.15, 0.2) is 21.5 Å². The first-order valence-electron chi connectivity index (χ1n) is 7.89. The predicted molar refractivity (Wildman–Crippen MR) is 84.7 cm³/mol. The van der Waals surface area contributed by atoms with Crippen molar-refractivity contribution >= 4 is 5.65 Å². The number of ether oxygens (including phenoxy) is 1. The van der Waals surface area contributed by atoms with Crippen LogP contribution in [0, 0.1) is 0 Å². The maximum absolute atomic E-state index is 12.1. The molecule has 0 unspecified atom stereocenters. The molecule has 0 radical (unpaired) electrons.